The zero-order chi connectivity index (χ0) is 20.4. The first kappa shape index (κ1) is 19.0. The van der Waals surface area contributed by atoms with Crippen molar-refractivity contribution < 1.29 is 9.52 Å². The molecule has 0 aliphatic carbocycles. The lowest BCUT2D eigenvalue weighted by molar-refractivity contribution is 0.468. The van der Waals surface area contributed by atoms with Gasteiger partial charge in [0.15, 0.2) is 11.0 Å². The number of thioether (sulfide) groups is 1. The second-order valence-electron chi connectivity index (χ2n) is 6.54. The summed E-state index contributed by atoms with van der Waals surface area (Å²) >= 11 is 1.49. The van der Waals surface area contributed by atoms with E-state index in [1.807, 2.05) is 34.9 Å². The fraction of sp³-hybridized carbons (Fsp3) is 0.136. The molecule has 0 bridgehead atoms. The zero-order valence-electron chi connectivity index (χ0n) is 15.8. The van der Waals surface area contributed by atoms with Crippen LogP contribution < -0.4 is 5.63 Å². The minimum Gasteiger partial charge on any atom is -0.508 e. The van der Waals surface area contributed by atoms with E-state index in [-0.39, 0.29) is 5.75 Å². The van der Waals surface area contributed by atoms with E-state index in [9.17, 15) is 9.90 Å². The maximum Gasteiger partial charge on any atom is 0.336 e. The lowest BCUT2D eigenvalue weighted by Gasteiger charge is -2.09. The van der Waals surface area contributed by atoms with E-state index in [1.54, 1.807) is 25.1 Å². The van der Waals surface area contributed by atoms with Crippen LogP contribution in [0.1, 0.15) is 11.1 Å². The van der Waals surface area contributed by atoms with Crippen LogP contribution in [0.15, 0.2) is 75.6 Å². The smallest absolute Gasteiger partial charge is 0.336 e. The molecule has 0 radical (unpaired) electrons. The third kappa shape index (κ3) is 3.69. The molecule has 2 aromatic carbocycles. The zero-order valence-corrected chi connectivity index (χ0v) is 16.6. The highest BCUT2D eigenvalue weighted by Crippen LogP contribution is 2.31. The quantitative estimate of drug-likeness (QED) is 0.288. The Morgan fingerprint density at radius 1 is 1.21 bits per heavy atom. The van der Waals surface area contributed by atoms with Crippen LogP contribution in [0.2, 0.25) is 0 Å². The summed E-state index contributed by atoms with van der Waals surface area (Å²) in [5, 5.41) is 20.1. The Morgan fingerprint density at radius 2 is 2.00 bits per heavy atom. The first-order chi connectivity index (χ1) is 14.1. The van der Waals surface area contributed by atoms with Crippen LogP contribution in [0, 0.1) is 6.92 Å². The van der Waals surface area contributed by atoms with Crippen LogP contribution in [0.3, 0.4) is 0 Å². The highest BCUT2D eigenvalue weighted by Gasteiger charge is 2.15. The molecule has 146 valence electrons. The van der Waals surface area contributed by atoms with Crippen LogP contribution in [0.4, 0.5) is 0 Å². The molecule has 0 amide bonds. The molecule has 6 nitrogen and oxygen atoms in total. The number of phenols is 1. The second kappa shape index (κ2) is 7.97. The topological polar surface area (TPSA) is 81.2 Å². The Balaban J connectivity index is 1.70. The molecule has 2 heterocycles. The average Bonchev–Trinajstić information content (AvgIpc) is 3.13. The van der Waals surface area contributed by atoms with Gasteiger partial charge in [0, 0.05) is 34.9 Å². The van der Waals surface area contributed by atoms with Crippen molar-refractivity contribution in [3.8, 4) is 17.1 Å². The maximum atomic E-state index is 12.0. The summed E-state index contributed by atoms with van der Waals surface area (Å²) in [4.78, 5) is 12.0. The van der Waals surface area contributed by atoms with Gasteiger partial charge in [0.1, 0.15) is 11.3 Å². The summed E-state index contributed by atoms with van der Waals surface area (Å²) in [5.74, 6) is 1.38. The number of phenolic OH excluding ortho intramolecular Hbond substituents is 1. The molecule has 2 aromatic heterocycles. The van der Waals surface area contributed by atoms with Gasteiger partial charge in [-0.2, -0.15) is 0 Å². The summed E-state index contributed by atoms with van der Waals surface area (Å²) in [7, 11) is 0. The summed E-state index contributed by atoms with van der Waals surface area (Å²) in [6.45, 7) is 6.14. The Labute approximate surface area is 171 Å². The second-order valence-corrected chi connectivity index (χ2v) is 7.48. The van der Waals surface area contributed by atoms with Crippen molar-refractivity contribution in [2.75, 3.05) is 0 Å². The fourth-order valence-corrected chi connectivity index (χ4v) is 4.11. The van der Waals surface area contributed by atoms with Gasteiger partial charge in [0.2, 0.25) is 0 Å². The Morgan fingerprint density at radius 3 is 2.76 bits per heavy atom. The van der Waals surface area contributed by atoms with E-state index in [2.05, 4.69) is 16.8 Å². The molecule has 0 unspecified atom stereocenters. The normalized spacial score (nSPS) is 11.1. The van der Waals surface area contributed by atoms with Gasteiger partial charge < -0.3 is 9.52 Å². The van der Waals surface area contributed by atoms with E-state index in [1.165, 1.54) is 17.8 Å². The van der Waals surface area contributed by atoms with Crippen molar-refractivity contribution in [2.45, 2.75) is 24.4 Å². The predicted molar refractivity (Wildman–Crippen MR) is 114 cm³/mol. The van der Waals surface area contributed by atoms with Crippen LogP contribution in [0.25, 0.3) is 22.4 Å². The minimum absolute atomic E-state index is 0.101. The molecule has 4 rings (SSSR count). The van der Waals surface area contributed by atoms with Crippen molar-refractivity contribution in [3.05, 3.63) is 82.7 Å². The number of aryl methyl sites for hydroxylation is 1. The number of benzene rings is 2. The molecule has 4 aromatic rings. The van der Waals surface area contributed by atoms with Gasteiger partial charge in [0.05, 0.1) is 0 Å². The molecule has 0 saturated heterocycles. The van der Waals surface area contributed by atoms with Crippen molar-refractivity contribution in [2.24, 2.45) is 0 Å². The van der Waals surface area contributed by atoms with Crippen molar-refractivity contribution >= 4 is 22.7 Å². The summed E-state index contributed by atoms with van der Waals surface area (Å²) < 4.78 is 7.32. The van der Waals surface area contributed by atoms with Crippen molar-refractivity contribution in [1.82, 2.24) is 14.8 Å². The average molecular weight is 405 g/mol. The van der Waals surface area contributed by atoms with Crippen LogP contribution >= 0.6 is 11.8 Å². The number of aromatic nitrogens is 3. The van der Waals surface area contributed by atoms with Crippen LogP contribution in [-0.2, 0) is 12.3 Å². The van der Waals surface area contributed by atoms with Gasteiger partial charge >= 0.3 is 5.63 Å². The first-order valence-corrected chi connectivity index (χ1v) is 10.0. The number of fused-ring (bicyclic) bond motifs is 1. The van der Waals surface area contributed by atoms with Gasteiger partial charge in [-0.3, -0.25) is 4.57 Å². The Hall–Kier alpha value is -3.32. The third-order valence-corrected chi connectivity index (χ3v) is 5.65. The summed E-state index contributed by atoms with van der Waals surface area (Å²) in [6.07, 6.45) is 1.80. The van der Waals surface area contributed by atoms with Gasteiger partial charge in [-0.15, -0.1) is 16.8 Å². The lowest BCUT2D eigenvalue weighted by Crippen LogP contribution is -2.03. The van der Waals surface area contributed by atoms with Gasteiger partial charge in [-0.25, -0.2) is 4.79 Å². The maximum absolute atomic E-state index is 12.0. The van der Waals surface area contributed by atoms with Gasteiger partial charge in [0.25, 0.3) is 0 Å². The standard InChI is InChI=1S/C22H19N3O3S/c1-3-11-25-21(15-7-5-4-6-8-15)23-24-22(25)29-13-16-12-19(27)28-20-14(2)18(26)10-9-17(16)20/h3-10,12,26H,1,11,13H2,2H3. The van der Waals surface area contributed by atoms with E-state index in [0.717, 1.165) is 27.5 Å². The molecule has 1 N–H and O–H groups in total. The van der Waals surface area contributed by atoms with Crippen molar-refractivity contribution in [1.29, 1.82) is 0 Å². The van der Waals surface area contributed by atoms with Crippen LogP contribution in [-0.4, -0.2) is 19.9 Å². The molecule has 0 fully saturated rings. The van der Waals surface area contributed by atoms with E-state index < -0.39 is 5.63 Å². The molecule has 29 heavy (non-hydrogen) atoms. The van der Waals surface area contributed by atoms with Crippen LogP contribution in [0.5, 0.6) is 5.75 Å². The highest BCUT2D eigenvalue weighted by molar-refractivity contribution is 7.98. The summed E-state index contributed by atoms with van der Waals surface area (Å²) in [5.41, 5.74) is 2.31. The third-order valence-electron chi connectivity index (χ3n) is 4.64. The number of aromatic hydroxyl groups is 1. The Bertz CT molecular complexity index is 1250. The SMILES string of the molecule is C=CCn1c(SCc2cc(=O)oc3c(C)c(O)ccc23)nnc1-c1ccccc1. The molecule has 7 heteroatoms. The number of nitrogens with zero attached hydrogens (tertiary/aromatic N) is 3. The number of rotatable bonds is 6. The van der Waals surface area contributed by atoms with Gasteiger partial charge in [-0.05, 0) is 24.6 Å². The van der Waals surface area contributed by atoms with E-state index in [4.69, 9.17) is 4.42 Å². The number of hydrogen-bond donors (Lipinski definition) is 1. The fourth-order valence-electron chi connectivity index (χ4n) is 3.17. The Kier molecular flexibility index (Phi) is 5.22. The molecule has 0 spiro atoms. The van der Waals surface area contributed by atoms with E-state index in [0.29, 0.717) is 23.4 Å². The monoisotopic (exact) mass is 405 g/mol. The predicted octanol–water partition coefficient (Wildman–Crippen LogP) is 4.54. The first-order valence-electron chi connectivity index (χ1n) is 9.06. The minimum atomic E-state index is -0.445. The molecular formula is C22H19N3O3S. The molecule has 0 aliphatic rings. The number of hydrogen-bond acceptors (Lipinski definition) is 6. The molecule has 0 atom stereocenters. The van der Waals surface area contributed by atoms with Gasteiger partial charge in [-0.1, -0.05) is 48.2 Å². The lowest BCUT2D eigenvalue weighted by atomic mass is 10.1. The summed E-state index contributed by atoms with van der Waals surface area (Å²) in [6, 6.07) is 14.7. The number of allylic oxidation sites excluding steroid dienone is 1. The molecular weight excluding hydrogens is 386 g/mol. The van der Waals surface area contributed by atoms with E-state index >= 15 is 0 Å². The van der Waals surface area contributed by atoms with Crippen molar-refractivity contribution in [3.63, 3.8) is 0 Å². The molecule has 0 saturated carbocycles. The largest absolute Gasteiger partial charge is 0.508 e. The highest BCUT2D eigenvalue weighted by atomic mass is 32.2. The molecule has 0 aliphatic heterocycles.